The maximum atomic E-state index is 11.5. The Bertz CT molecular complexity index is 1410. The molecule has 182 valence electrons. The second kappa shape index (κ2) is 12.8. The van der Waals surface area contributed by atoms with Gasteiger partial charge in [0.25, 0.3) is 0 Å². The SMILES string of the molecule is Cc1cc(OCCCO)ccc1-c1cccc(COc2ccc(Cn3oc(=O)[n-]c3=O)cc2)c1C.[Na+]. The summed E-state index contributed by atoms with van der Waals surface area (Å²) in [5.74, 6) is 0.584. The summed E-state index contributed by atoms with van der Waals surface area (Å²) in [5, 5.41) is 8.92. The molecule has 4 rings (SSSR count). The number of aryl methyl sites for hydroxylation is 1. The Morgan fingerprint density at radius 1 is 0.944 bits per heavy atom. The first-order valence-electron chi connectivity index (χ1n) is 11.3. The number of hydrogen-bond acceptors (Lipinski definition) is 6. The van der Waals surface area contributed by atoms with Gasteiger partial charge in [-0.2, -0.15) is 0 Å². The molecule has 3 aromatic carbocycles. The molecule has 0 aliphatic carbocycles. The van der Waals surface area contributed by atoms with Gasteiger partial charge in [0.05, 0.1) is 6.61 Å². The summed E-state index contributed by atoms with van der Waals surface area (Å²) >= 11 is 0. The number of nitrogens with zero attached hydrogens (tertiary/aromatic N) is 2. The van der Waals surface area contributed by atoms with Gasteiger partial charge in [-0.05, 0) is 71.5 Å². The second-order valence-corrected chi connectivity index (χ2v) is 8.21. The number of aliphatic hydroxyl groups excluding tert-OH is 1. The predicted molar refractivity (Wildman–Crippen MR) is 131 cm³/mol. The smallest absolute Gasteiger partial charge is 0.493 e. The molecule has 0 spiro atoms. The van der Waals surface area contributed by atoms with Crippen molar-refractivity contribution in [2.75, 3.05) is 13.2 Å². The number of aliphatic hydroxyl groups is 1. The molecule has 0 atom stereocenters. The van der Waals surface area contributed by atoms with Crippen LogP contribution in [0.5, 0.6) is 11.5 Å². The zero-order valence-corrected chi connectivity index (χ0v) is 22.7. The van der Waals surface area contributed by atoms with Crippen LogP contribution in [0.15, 0.2) is 74.8 Å². The van der Waals surface area contributed by atoms with Crippen LogP contribution in [0.4, 0.5) is 0 Å². The topological polar surface area (TPSA) is 105 Å². The van der Waals surface area contributed by atoms with E-state index in [0.29, 0.717) is 25.4 Å². The summed E-state index contributed by atoms with van der Waals surface area (Å²) in [7, 11) is 0. The molecule has 1 N–H and O–H groups in total. The number of hydrogen-bond donors (Lipinski definition) is 1. The van der Waals surface area contributed by atoms with E-state index in [-0.39, 0.29) is 42.7 Å². The van der Waals surface area contributed by atoms with Gasteiger partial charge in [-0.15, -0.1) is 0 Å². The van der Waals surface area contributed by atoms with Crippen molar-refractivity contribution in [1.82, 2.24) is 9.72 Å². The van der Waals surface area contributed by atoms with E-state index in [0.717, 1.165) is 43.9 Å². The first-order valence-corrected chi connectivity index (χ1v) is 11.3. The molecule has 0 unspecified atom stereocenters. The Balaban J connectivity index is 0.00000361. The summed E-state index contributed by atoms with van der Waals surface area (Å²) in [6.07, 6.45) is 0.606. The third-order valence-corrected chi connectivity index (χ3v) is 5.74. The van der Waals surface area contributed by atoms with Gasteiger partial charge in [0.15, 0.2) is 5.69 Å². The van der Waals surface area contributed by atoms with E-state index in [9.17, 15) is 9.59 Å². The van der Waals surface area contributed by atoms with Gasteiger partial charge >= 0.3 is 35.3 Å². The molecular weight excluding hydrogens is 471 g/mol. The Hall–Kier alpha value is -3.04. The Morgan fingerprint density at radius 2 is 1.69 bits per heavy atom. The molecule has 1 aromatic heterocycles. The normalized spacial score (nSPS) is 10.6. The van der Waals surface area contributed by atoms with Crippen molar-refractivity contribution in [2.45, 2.75) is 33.4 Å². The number of aromatic nitrogens is 2. The molecular formula is C27H27N2NaO6. The fraction of sp³-hybridized carbons (Fsp3) is 0.259. The van der Waals surface area contributed by atoms with Gasteiger partial charge < -0.3 is 24.1 Å². The summed E-state index contributed by atoms with van der Waals surface area (Å²) in [4.78, 5) is 25.8. The molecule has 0 saturated carbocycles. The molecule has 0 radical (unpaired) electrons. The average molecular weight is 499 g/mol. The maximum Gasteiger partial charge on any atom is 1.00 e. The molecule has 0 bridgehead atoms. The largest absolute Gasteiger partial charge is 1.00 e. The van der Waals surface area contributed by atoms with Crippen LogP contribution >= 0.6 is 0 Å². The summed E-state index contributed by atoms with van der Waals surface area (Å²) in [5.41, 5.74) is 5.67. The minimum atomic E-state index is -0.898. The third-order valence-electron chi connectivity index (χ3n) is 5.74. The third kappa shape index (κ3) is 6.79. The van der Waals surface area contributed by atoms with E-state index in [1.165, 1.54) is 0 Å². The first-order chi connectivity index (χ1) is 16.9. The van der Waals surface area contributed by atoms with E-state index in [2.05, 4.69) is 31.0 Å². The minimum absolute atomic E-state index is 0. The van der Waals surface area contributed by atoms with E-state index in [1.807, 2.05) is 48.5 Å². The molecule has 0 aliphatic heterocycles. The van der Waals surface area contributed by atoms with Crippen LogP contribution in [0, 0.1) is 13.8 Å². The van der Waals surface area contributed by atoms with Gasteiger partial charge in [0.2, 0.25) is 0 Å². The van der Waals surface area contributed by atoms with Crippen molar-refractivity contribution in [3.05, 3.63) is 104 Å². The molecule has 0 amide bonds. The van der Waals surface area contributed by atoms with Crippen LogP contribution in [-0.2, 0) is 13.2 Å². The average Bonchev–Trinajstić information content (AvgIpc) is 3.16. The quantitative estimate of drug-likeness (QED) is 0.250. The Kier molecular flexibility index (Phi) is 9.78. The second-order valence-electron chi connectivity index (χ2n) is 8.21. The van der Waals surface area contributed by atoms with Gasteiger partial charge in [-0.25, -0.2) is 4.79 Å². The molecule has 0 aliphatic rings. The number of ether oxygens (including phenoxy) is 2. The number of benzene rings is 3. The fourth-order valence-corrected chi connectivity index (χ4v) is 3.82. The van der Waals surface area contributed by atoms with Crippen LogP contribution in [0.1, 0.15) is 28.7 Å². The van der Waals surface area contributed by atoms with Gasteiger partial charge in [-0.1, -0.05) is 36.4 Å². The van der Waals surface area contributed by atoms with Crippen molar-refractivity contribution in [3.8, 4) is 22.6 Å². The van der Waals surface area contributed by atoms with E-state index in [4.69, 9.17) is 19.1 Å². The van der Waals surface area contributed by atoms with Crippen molar-refractivity contribution >= 4 is 0 Å². The van der Waals surface area contributed by atoms with Gasteiger partial charge in [-0.3, -0.25) is 9.53 Å². The van der Waals surface area contributed by atoms with Crippen molar-refractivity contribution in [2.24, 2.45) is 0 Å². The van der Waals surface area contributed by atoms with E-state index < -0.39 is 11.4 Å². The first kappa shape index (κ1) is 27.5. The Morgan fingerprint density at radius 3 is 2.36 bits per heavy atom. The summed E-state index contributed by atoms with van der Waals surface area (Å²) < 4.78 is 17.4. The van der Waals surface area contributed by atoms with Crippen LogP contribution < -0.4 is 55.5 Å². The van der Waals surface area contributed by atoms with Crippen molar-refractivity contribution in [3.63, 3.8) is 0 Å². The van der Waals surface area contributed by atoms with E-state index in [1.54, 1.807) is 0 Å². The molecule has 4 aromatic rings. The standard InChI is InChI=1S/C27H28N2O6.Na/c1-18-15-23(33-14-4-13-30)11-12-24(18)25-6-3-5-21(19(25)2)17-34-22-9-7-20(8-10-22)16-29-26(31)28-27(32)35-29;/h3,5-12,15,30H,4,13-14,16-17H2,1-2H3,(H,28,31,32);/q;+1/p-1. The van der Waals surface area contributed by atoms with Crippen LogP contribution in [0.25, 0.3) is 11.1 Å². The van der Waals surface area contributed by atoms with Gasteiger partial charge in [0, 0.05) is 19.6 Å². The zero-order chi connectivity index (χ0) is 24.8. The Labute approximate surface area is 230 Å². The molecule has 1 heterocycles. The van der Waals surface area contributed by atoms with Crippen molar-refractivity contribution in [1.29, 1.82) is 0 Å². The van der Waals surface area contributed by atoms with E-state index >= 15 is 0 Å². The zero-order valence-electron chi connectivity index (χ0n) is 20.7. The summed E-state index contributed by atoms with van der Waals surface area (Å²) in [6, 6.07) is 19.4. The van der Waals surface area contributed by atoms with Gasteiger partial charge in [0.1, 0.15) is 18.1 Å². The molecule has 8 nitrogen and oxygen atoms in total. The molecule has 0 saturated heterocycles. The fourth-order valence-electron chi connectivity index (χ4n) is 3.82. The minimum Gasteiger partial charge on any atom is -0.493 e. The predicted octanol–water partition coefficient (Wildman–Crippen LogP) is 0.435. The monoisotopic (exact) mass is 498 g/mol. The summed E-state index contributed by atoms with van der Waals surface area (Å²) in [6.45, 7) is 5.27. The maximum absolute atomic E-state index is 11.5. The molecule has 0 fully saturated rings. The molecule has 36 heavy (non-hydrogen) atoms. The van der Waals surface area contributed by atoms with Crippen LogP contribution in [-0.4, -0.2) is 23.1 Å². The molecule has 9 heteroatoms. The van der Waals surface area contributed by atoms with Crippen LogP contribution in [0.3, 0.4) is 0 Å². The van der Waals surface area contributed by atoms with Crippen molar-refractivity contribution < 1.29 is 48.7 Å². The number of rotatable bonds is 10. The van der Waals surface area contributed by atoms with Crippen LogP contribution in [0.2, 0.25) is 0 Å².